The Morgan fingerprint density at radius 2 is 2.07 bits per heavy atom. The number of aromatic nitrogens is 3. The molecule has 0 radical (unpaired) electrons. The molecule has 30 heavy (non-hydrogen) atoms. The van der Waals surface area contributed by atoms with E-state index in [4.69, 9.17) is 9.15 Å². The van der Waals surface area contributed by atoms with Crippen LogP contribution in [0.2, 0.25) is 0 Å². The highest BCUT2D eigenvalue weighted by Crippen LogP contribution is 2.28. The first-order valence-corrected chi connectivity index (χ1v) is 11.7. The number of thiophene rings is 1. The van der Waals surface area contributed by atoms with Gasteiger partial charge in [0, 0.05) is 25.5 Å². The quantitative estimate of drug-likeness (QED) is 0.529. The number of rotatable bonds is 6. The molecule has 0 aliphatic carbocycles. The number of carbonyl (C=O) groups excluding carboxylic acids is 1. The molecule has 1 unspecified atom stereocenters. The van der Waals surface area contributed by atoms with Crippen molar-refractivity contribution in [2.45, 2.75) is 30.8 Å². The number of esters is 1. The van der Waals surface area contributed by atoms with Crippen LogP contribution in [-0.2, 0) is 19.6 Å². The van der Waals surface area contributed by atoms with Crippen LogP contribution in [0.1, 0.15) is 31.8 Å². The van der Waals surface area contributed by atoms with E-state index in [1.165, 1.54) is 34.1 Å². The summed E-state index contributed by atoms with van der Waals surface area (Å²) >= 11 is 1.48. The van der Waals surface area contributed by atoms with Gasteiger partial charge in [0.1, 0.15) is 4.90 Å². The highest BCUT2D eigenvalue weighted by Gasteiger charge is 2.34. The highest BCUT2D eigenvalue weighted by molar-refractivity contribution is 7.89. The van der Waals surface area contributed by atoms with Gasteiger partial charge in [0.2, 0.25) is 10.0 Å². The lowest BCUT2D eigenvalue weighted by molar-refractivity contribution is -0.156. The molecule has 11 heteroatoms. The molecule has 1 aliphatic heterocycles. The zero-order valence-corrected chi connectivity index (χ0v) is 17.8. The van der Waals surface area contributed by atoms with Crippen molar-refractivity contribution in [2.75, 3.05) is 13.1 Å². The Labute approximate surface area is 177 Å². The van der Waals surface area contributed by atoms with E-state index in [1.54, 1.807) is 13.0 Å². The van der Waals surface area contributed by atoms with Crippen molar-refractivity contribution in [3.63, 3.8) is 0 Å². The number of piperidine rings is 1. The molecule has 0 saturated carbocycles. The number of carbonyl (C=O) groups is 1. The second-order valence-electron chi connectivity index (χ2n) is 6.87. The van der Waals surface area contributed by atoms with Gasteiger partial charge in [-0.25, -0.2) is 8.42 Å². The number of hydrogen-bond acceptors (Lipinski definition) is 9. The molecule has 0 amide bonds. The predicted molar refractivity (Wildman–Crippen MR) is 108 cm³/mol. The first-order chi connectivity index (χ1) is 14.4. The summed E-state index contributed by atoms with van der Waals surface area (Å²) in [4.78, 5) is 17.4. The molecule has 0 aromatic carbocycles. The Morgan fingerprint density at radius 3 is 2.73 bits per heavy atom. The third kappa shape index (κ3) is 4.27. The first kappa shape index (κ1) is 20.6. The van der Waals surface area contributed by atoms with Crippen LogP contribution in [0.15, 0.2) is 51.4 Å². The van der Waals surface area contributed by atoms with Crippen molar-refractivity contribution in [1.82, 2.24) is 19.5 Å². The average molecular weight is 449 g/mol. The minimum absolute atomic E-state index is 0.151. The molecule has 0 spiro atoms. The van der Waals surface area contributed by atoms with E-state index in [-0.39, 0.29) is 29.8 Å². The lowest BCUT2D eigenvalue weighted by atomic mass is 9.98. The zero-order valence-electron chi connectivity index (χ0n) is 16.2. The van der Waals surface area contributed by atoms with E-state index in [0.717, 1.165) is 4.88 Å². The monoisotopic (exact) mass is 448 g/mol. The molecule has 0 bridgehead atoms. The Bertz CT molecular complexity index is 1090. The van der Waals surface area contributed by atoms with Crippen molar-refractivity contribution in [3.8, 4) is 10.8 Å². The Balaban J connectivity index is 1.33. The second kappa shape index (κ2) is 8.62. The minimum Gasteiger partial charge on any atom is -0.452 e. The normalized spacial score (nSPS) is 17.0. The molecule has 0 N–H and O–H groups in total. The number of hydrogen-bond donors (Lipinski definition) is 0. The van der Waals surface area contributed by atoms with Crippen molar-refractivity contribution >= 4 is 27.3 Å². The van der Waals surface area contributed by atoms with Crippen molar-refractivity contribution in [3.05, 3.63) is 47.9 Å². The summed E-state index contributed by atoms with van der Waals surface area (Å²) < 4.78 is 37.8. The molecule has 1 fully saturated rings. The Morgan fingerprint density at radius 1 is 1.27 bits per heavy atom. The van der Waals surface area contributed by atoms with Crippen LogP contribution >= 0.6 is 11.3 Å². The van der Waals surface area contributed by atoms with Gasteiger partial charge < -0.3 is 9.15 Å². The summed E-state index contributed by atoms with van der Waals surface area (Å²) in [5.74, 6) is -0.163. The molecule has 1 saturated heterocycles. The number of nitrogens with zero attached hydrogens (tertiary/aromatic N) is 4. The zero-order chi connectivity index (χ0) is 21.1. The molecule has 158 valence electrons. The van der Waals surface area contributed by atoms with Gasteiger partial charge in [0.25, 0.3) is 11.8 Å². The van der Waals surface area contributed by atoms with Crippen LogP contribution in [0.25, 0.3) is 10.8 Å². The summed E-state index contributed by atoms with van der Waals surface area (Å²) in [6.07, 6.45) is 2.93. The standard InChI is InChI=1S/C19H20N4O5S2/c1-13(17-21-22-18(28-17)16-5-3-11-29-16)27-19(24)14-6-9-23(10-7-14)30(25,26)15-4-2-8-20-12-15/h2-5,8,11-14H,6-7,9-10H2,1H3. The lowest BCUT2D eigenvalue weighted by Crippen LogP contribution is -2.40. The summed E-state index contributed by atoms with van der Waals surface area (Å²) in [5, 5.41) is 9.86. The average Bonchev–Trinajstić information content (AvgIpc) is 3.46. The first-order valence-electron chi connectivity index (χ1n) is 9.43. The topological polar surface area (TPSA) is 115 Å². The number of pyridine rings is 1. The summed E-state index contributed by atoms with van der Waals surface area (Å²) in [5.41, 5.74) is 0. The molecule has 3 aromatic rings. The minimum atomic E-state index is -3.61. The van der Waals surface area contributed by atoms with Crippen molar-refractivity contribution < 1.29 is 22.4 Å². The van der Waals surface area contributed by atoms with Crippen LogP contribution in [0.4, 0.5) is 0 Å². The van der Waals surface area contributed by atoms with Gasteiger partial charge in [-0.3, -0.25) is 9.78 Å². The SMILES string of the molecule is CC(OC(=O)C1CCN(S(=O)(=O)c2cccnc2)CC1)c1nnc(-c2cccs2)o1. The maximum Gasteiger partial charge on any atom is 0.309 e. The maximum absolute atomic E-state index is 12.7. The summed E-state index contributed by atoms with van der Waals surface area (Å²) in [7, 11) is -3.61. The molecule has 1 atom stereocenters. The Hall–Kier alpha value is -2.63. The Kier molecular flexibility index (Phi) is 5.93. The van der Waals surface area contributed by atoms with Crippen molar-refractivity contribution in [1.29, 1.82) is 0 Å². The molecule has 4 rings (SSSR count). The molecule has 1 aliphatic rings. The maximum atomic E-state index is 12.7. The number of ether oxygens (including phenoxy) is 1. The summed E-state index contributed by atoms with van der Waals surface area (Å²) in [6.45, 7) is 2.16. The summed E-state index contributed by atoms with van der Waals surface area (Å²) in [6, 6.07) is 6.85. The van der Waals surface area contributed by atoms with Gasteiger partial charge in [0.15, 0.2) is 6.10 Å². The molecule has 4 heterocycles. The highest BCUT2D eigenvalue weighted by atomic mass is 32.2. The van der Waals surface area contributed by atoms with E-state index >= 15 is 0 Å². The van der Waals surface area contributed by atoms with Gasteiger partial charge in [-0.2, -0.15) is 4.31 Å². The van der Waals surface area contributed by atoms with E-state index in [0.29, 0.717) is 18.7 Å². The van der Waals surface area contributed by atoms with Gasteiger partial charge in [-0.1, -0.05) is 6.07 Å². The van der Waals surface area contributed by atoms with Gasteiger partial charge in [-0.15, -0.1) is 21.5 Å². The van der Waals surface area contributed by atoms with Crippen LogP contribution in [-0.4, -0.2) is 47.0 Å². The molecular formula is C19H20N4O5S2. The molecule has 9 nitrogen and oxygen atoms in total. The van der Waals surface area contributed by atoms with E-state index < -0.39 is 22.1 Å². The fourth-order valence-corrected chi connectivity index (χ4v) is 5.28. The lowest BCUT2D eigenvalue weighted by Gasteiger charge is -2.30. The van der Waals surface area contributed by atoms with Gasteiger partial charge >= 0.3 is 5.97 Å². The largest absolute Gasteiger partial charge is 0.452 e. The van der Waals surface area contributed by atoms with Gasteiger partial charge in [-0.05, 0) is 43.3 Å². The molecular weight excluding hydrogens is 428 g/mol. The van der Waals surface area contributed by atoms with Gasteiger partial charge in [0.05, 0.1) is 10.8 Å². The van der Waals surface area contributed by atoms with Crippen LogP contribution < -0.4 is 0 Å². The number of sulfonamides is 1. The third-order valence-electron chi connectivity index (χ3n) is 4.87. The fourth-order valence-electron chi connectivity index (χ4n) is 3.20. The van der Waals surface area contributed by atoms with Crippen LogP contribution in [0.3, 0.4) is 0 Å². The van der Waals surface area contributed by atoms with Crippen molar-refractivity contribution in [2.24, 2.45) is 5.92 Å². The van der Waals surface area contributed by atoms with E-state index in [1.807, 2.05) is 17.5 Å². The van der Waals surface area contributed by atoms with E-state index in [2.05, 4.69) is 15.2 Å². The smallest absolute Gasteiger partial charge is 0.309 e. The third-order valence-corrected chi connectivity index (χ3v) is 7.61. The van der Waals surface area contributed by atoms with E-state index in [9.17, 15) is 13.2 Å². The van der Waals surface area contributed by atoms with Crippen LogP contribution in [0, 0.1) is 5.92 Å². The molecule has 3 aromatic heterocycles. The second-order valence-corrected chi connectivity index (χ2v) is 9.75. The van der Waals surface area contributed by atoms with Crippen LogP contribution in [0.5, 0.6) is 0 Å². The predicted octanol–water partition coefficient (Wildman–Crippen LogP) is 2.90. The fraction of sp³-hybridized carbons (Fsp3) is 0.368.